The van der Waals surface area contributed by atoms with Gasteiger partial charge in [0.25, 0.3) is 0 Å². The molecule has 1 saturated heterocycles. The lowest BCUT2D eigenvalue weighted by Crippen LogP contribution is -2.44. The number of halogens is 1. The summed E-state index contributed by atoms with van der Waals surface area (Å²) >= 11 is 1.90. The predicted octanol–water partition coefficient (Wildman–Crippen LogP) is 2.81. The molecule has 1 heterocycles. The molecule has 1 unspecified atom stereocenters. The summed E-state index contributed by atoms with van der Waals surface area (Å²) in [5, 5.41) is 4.15. The van der Waals surface area contributed by atoms with Gasteiger partial charge < -0.3 is 10.2 Å². The second-order valence-corrected chi connectivity index (χ2v) is 6.78. The van der Waals surface area contributed by atoms with E-state index in [0.717, 1.165) is 12.5 Å². The Morgan fingerprint density at radius 2 is 2.17 bits per heavy atom. The molecule has 2 rings (SSSR count). The maximum absolute atomic E-state index is 4.42. The lowest BCUT2D eigenvalue weighted by Gasteiger charge is -2.38. The Kier molecular flexibility index (Phi) is 6.58. The number of guanidine groups is 1. The van der Waals surface area contributed by atoms with Crippen molar-refractivity contribution in [2.45, 2.75) is 37.9 Å². The van der Waals surface area contributed by atoms with Gasteiger partial charge in [0.2, 0.25) is 0 Å². The Labute approximate surface area is 133 Å². The first-order valence-electron chi connectivity index (χ1n) is 6.67. The molecule has 1 aliphatic carbocycles. The van der Waals surface area contributed by atoms with Crippen LogP contribution < -0.4 is 5.32 Å². The first-order valence-corrected chi connectivity index (χ1v) is 7.96. The molecule has 2 aliphatic rings. The van der Waals surface area contributed by atoms with Crippen molar-refractivity contribution >= 4 is 41.7 Å². The van der Waals surface area contributed by atoms with Crippen LogP contribution in [0, 0.1) is 5.41 Å². The van der Waals surface area contributed by atoms with Crippen LogP contribution in [0.3, 0.4) is 0 Å². The fourth-order valence-electron chi connectivity index (χ4n) is 2.85. The molecule has 0 aromatic carbocycles. The van der Waals surface area contributed by atoms with Crippen LogP contribution in [0.5, 0.6) is 0 Å². The molecule has 5 heteroatoms. The number of thioether (sulfide) groups is 1. The number of rotatable bonds is 3. The predicted molar refractivity (Wildman–Crippen MR) is 92.2 cm³/mol. The van der Waals surface area contributed by atoms with Crippen LogP contribution in [-0.4, -0.2) is 49.0 Å². The largest absolute Gasteiger partial charge is 0.355 e. The third-order valence-electron chi connectivity index (χ3n) is 4.31. The van der Waals surface area contributed by atoms with Gasteiger partial charge in [-0.1, -0.05) is 13.3 Å². The summed E-state index contributed by atoms with van der Waals surface area (Å²) in [6.45, 7) is 5.67. The molecule has 1 atom stereocenters. The van der Waals surface area contributed by atoms with Crippen molar-refractivity contribution in [3.8, 4) is 0 Å². The smallest absolute Gasteiger partial charge is 0.193 e. The van der Waals surface area contributed by atoms with E-state index in [1.165, 1.54) is 38.8 Å². The summed E-state index contributed by atoms with van der Waals surface area (Å²) in [6, 6.07) is 0. The molecular formula is C13H26IN3S. The minimum Gasteiger partial charge on any atom is -0.355 e. The van der Waals surface area contributed by atoms with Gasteiger partial charge in [0.15, 0.2) is 5.96 Å². The van der Waals surface area contributed by atoms with Crippen LogP contribution in [0.4, 0.5) is 0 Å². The highest BCUT2D eigenvalue weighted by Gasteiger charge is 2.43. The van der Waals surface area contributed by atoms with Crippen molar-refractivity contribution < 1.29 is 0 Å². The molecular weight excluding hydrogens is 357 g/mol. The summed E-state index contributed by atoms with van der Waals surface area (Å²) < 4.78 is 0. The third-order valence-corrected chi connectivity index (χ3v) is 5.29. The van der Waals surface area contributed by atoms with E-state index in [4.69, 9.17) is 0 Å². The van der Waals surface area contributed by atoms with Gasteiger partial charge in [-0.05, 0) is 30.9 Å². The van der Waals surface area contributed by atoms with Gasteiger partial charge in [-0.3, -0.25) is 4.99 Å². The van der Waals surface area contributed by atoms with Crippen LogP contribution in [0.1, 0.15) is 32.6 Å². The average Bonchev–Trinajstić information content (AvgIpc) is 2.74. The number of likely N-dealkylation sites (tertiary alicyclic amines) is 1. The van der Waals surface area contributed by atoms with Crippen molar-refractivity contribution in [1.82, 2.24) is 10.2 Å². The van der Waals surface area contributed by atoms with Crippen molar-refractivity contribution in [3.63, 3.8) is 0 Å². The lowest BCUT2D eigenvalue weighted by molar-refractivity contribution is 0.151. The third kappa shape index (κ3) is 3.68. The zero-order valence-electron chi connectivity index (χ0n) is 11.7. The first-order chi connectivity index (χ1) is 8.19. The van der Waals surface area contributed by atoms with Gasteiger partial charge in [0.1, 0.15) is 0 Å². The molecule has 1 N–H and O–H groups in total. The Hall–Kier alpha value is 0.350. The van der Waals surface area contributed by atoms with Crippen LogP contribution >= 0.6 is 35.7 Å². The summed E-state index contributed by atoms with van der Waals surface area (Å²) in [7, 11) is 1.90. The Morgan fingerprint density at radius 1 is 1.44 bits per heavy atom. The zero-order chi connectivity index (χ0) is 12.3. The van der Waals surface area contributed by atoms with Crippen LogP contribution in [-0.2, 0) is 0 Å². The van der Waals surface area contributed by atoms with Crippen LogP contribution in [0.15, 0.2) is 4.99 Å². The highest BCUT2D eigenvalue weighted by molar-refractivity contribution is 14.0. The van der Waals surface area contributed by atoms with Gasteiger partial charge in [-0.25, -0.2) is 0 Å². The van der Waals surface area contributed by atoms with Crippen LogP contribution in [0.25, 0.3) is 0 Å². The second kappa shape index (κ2) is 7.22. The zero-order valence-corrected chi connectivity index (χ0v) is 14.9. The molecule has 0 amide bonds. The highest BCUT2D eigenvalue weighted by Crippen LogP contribution is 2.47. The molecule has 3 nitrogen and oxygen atoms in total. The number of hydrogen-bond donors (Lipinski definition) is 1. The maximum atomic E-state index is 4.42. The number of aliphatic imine (C=N–C) groups is 1. The molecule has 2 fully saturated rings. The second-order valence-electron chi connectivity index (χ2n) is 5.50. The van der Waals surface area contributed by atoms with E-state index < -0.39 is 0 Å². The molecule has 0 aromatic rings. The molecule has 0 radical (unpaired) electrons. The normalized spacial score (nSPS) is 23.5. The van der Waals surface area contributed by atoms with Crippen molar-refractivity contribution in [2.75, 3.05) is 32.9 Å². The fraction of sp³-hybridized carbons (Fsp3) is 0.923. The minimum atomic E-state index is 0. The quantitative estimate of drug-likeness (QED) is 0.462. The van der Waals surface area contributed by atoms with E-state index in [9.17, 15) is 0 Å². The number of nitrogens with zero attached hydrogens (tertiary/aromatic N) is 2. The van der Waals surface area contributed by atoms with Crippen LogP contribution in [0.2, 0.25) is 0 Å². The van der Waals surface area contributed by atoms with E-state index in [2.05, 4.69) is 28.4 Å². The summed E-state index contributed by atoms with van der Waals surface area (Å²) in [5.41, 5.74) is 0.655. The monoisotopic (exact) mass is 383 g/mol. The van der Waals surface area contributed by atoms with E-state index in [1.54, 1.807) is 0 Å². The SMILES string of the molecule is CN=C(NCC(C)SC)N1CCC2(CCC2)C1.I. The van der Waals surface area contributed by atoms with Gasteiger partial charge in [-0.15, -0.1) is 24.0 Å². The summed E-state index contributed by atoms with van der Waals surface area (Å²) in [5.74, 6) is 1.11. The Bertz CT molecular complexity index is 292. The summed E-state index contributed by atoms with van der Waals surface area (Å²) in [4.78, 5) is 6.87. The van der Waals surface area contributed by atoms with Gasteiger partial charge in [-0.2, -0.15) is 11.8 Å². The molecule has 0 bridgehead atoms. The Balaban J connectivity index is 0.00000162. The standard InChI is InChI=1S/C13H25N3S.HI/c1-11(17-3)9-15-12(14-2)16-8-7-13(10-16)5-4-6-13;/h11H,4-10H2,1-3H3,(H,14,15);1H. The van der Waals surface area contributed by atoms with E-state index in [-0.39, 0.29) is 24.0 Å². The van der Waals surface area contributed by atoms with Gasteiger partial charge in [0.05, 0.1) is 0 Å². The van der Waals surface area contributed by atoms with E-state index in [0.29, 0.717) is 10.7 Å². The summed E-state index contributed by atoms with van der Waals surface area (Å²) in [6.07, 6.45) is 7.83. The van der Waals surface area contributed by atoms with E-state index >= 15 is 0 Å². The van der Waals surface area contributed by atoms with Gasteiger partial charge >= 0.3 is 0 Å². The number of hydrogen-bond acceptors (Lipinski definition) is 2. The topological polar surface area (TPSA) is 27.6 Å². The number of nitrogens with one attached hydrogen (secondary N) is 1. The van der Waals surface area contributed by atoms with Gasteiger partial charge in [0, 0.05) is 31.9 Å². The maximum Gasteiger partial charge on any atom is 0.193 e. The molecule has 1 aliphatic heterocycles. The molecule has 0 aromatic heterocycles. The van der Waals surface area contributed by atoms with Crippen molar-refractivity contribution in [3.05, 3.63) is 0 Å². The molecule has 1 saturated carbocycles. The van der Waals surface area contributed by atoms with E-state index in [1.807, 2.05) is 18.8 Å². The lowest BCUT2D eigenvalue weighted by atomic mass is 9.68. The molecule has 106 valence electrons. The minimum absolute atomic E-state index is 0. The Morgan fingerprint density at radius 3 is 2.61 bits per heavy atom. The highest BCUT2D eigenvalue weighted by atomic mass is 127. The fourth-order valence-corrected chi connectivity index (χ4v) is 3.10. The van der Waals surface area contributed by atoms with Crippen molar-refractivity contribution in [1.29, 1.82) is 0 Å². The first kappa shape index (κ1) is 16.4. The molecule has 18 heavy (non-hydrogen) atoms. The average molecular weight is 383 g/mol. The molecule has 1 spiro atoms. The van der Waals surface area contributed by atoms with Crippen molar-refractivity contribution in [2.24, 2.45) is 10.4 Å².